The number of thiol groups is 1. The molecule has 0 fully saturated rings. The lowest BCUT2D eigenvalue weighted by Crippen LogP contribution is -2.23. The van der Waals surface area contributed by atoms with Gasteiger partial charge in [0.25, 0.3) is 0 Å². The summed E-state index contributed by atoms with van der Waals surface area (Å²) in [4.78, 5) is 0. The molecule has 0 bridgehead atoms. The molecule has 0 N–H and O–H groups in total. The summed E-state index contributed by atoms with van der Waals surface area (Å²) in [6.45, 7) is 2.50. The second kappa shape index (κ2) is 6.96. The average molecular weight is 240 g/mol. The first-order valence-electron chi connectivity index (χ1n) is 5.11. The molecule has 0 saturated heterocycles. The van der Waals surface area contributed by atoms with Gasteiger partial charge in [0, 0.05) is 19.5 Å². The third-order valence-electron chi connectivity index (χ3n) is 2.20. The maximum atomic E-state index is 5.39. The highest BCUT2D eigenvalue weighted by Gasteiger charge is 2.16. The molecule has 0 aliphatic rings. The number of hydrogen-bond donors (Lipinski definition) is 1. The van der Waals surface area contributed by atoms with Gasteiger partial charge in [0.05, 0.1) is 6.61 Å². The summed E-state index contributed by atoms with van der Waals surface area (Å²) in [6.07, 6.45) is 0. The third-order valence-corrected chi connectivity index (χ3v) is 2.50. The SMILES string of the molecule is COB(OC)OCc1cccc(C(C)S)c1. The molecule has 0 heterocycles. The monoisotopic (exact) mass is 240 g/mol. The van der Waals surface area contributed by atoms with Crippen LogP contribution in [0.1, 0.15) is 23.3 Å². The van der Waals surface area contributed by atoms with Gasteiger partial charge in [-0.15, -0.1) is 0 Å². The van der Waals surface area contributed by atoms with Crippen LogP contribution in [0.25, 0.3) is 0 Å². The van der Waals surface area contributed by atoms with E-state index in [1.165, 1.54) is 5.56 Å². The van der Waals surface area contributed by atoms with Crippen molar-refractivity contribution in [3.63, 3.8) is 0 Å². The fourth-order valence-corrected chi connectivity index (χ4v) is 1.50. The van der Waals surface area contributed by atoms with Crippen LogP contribution in [0.3, 0.4) is 0 Å². The van der Waals surface area contributed by atoms with E-state index in [1.807, 2.05) is 25.1 Å². The Kier molecular flexibility index (Phi) is 5.91. The van der Waals surface area contributed by atoms with Crippen molar-refractivity contribution in [3.8, 4) is 0 Å². The highest BCUT2D eigenvalue weighted by molar-refractivity contribution is 7.80. The van der Waals surface area contributed by atoms with Crippen molar-refractivity contribution in [1.29, 1.82) is 0 Å². The van der Waals surface area contributed by atoms with Gasteiger partial charge in [-0.1, -0.05) is 24.3 Å². The standard InChI is InChI=1S/C11H17BO3S/c1-9(16)11-6-4-5-10(7-11)8-15-12(13-2)14-3/h4-7,9,16H,8H2,1-3H3. The first-order valence-corrected chi connectivity index (χ1v) is 5.63. The summed E-state index contributed by atoms with van der Waals surface area (Å²) < 4.78 is 15.3. The summed E-state index contributed by atoms with van der Waals surface area (Å²) in [5, 5.41) is 0.223. The molecule has 1 aromatic rings. The molecule has 88 valence electrons. The van der Waals surface area contributed by atoms with Crippen LogP contribution in [0.5, 0.6) is 0 Å². The van der Waals surface area contributed by atoms with Gasteiger partial charge < -0.3 is 14.0 Å². The molecule has 0 amide bonds. The van der Waals surface area contributed by atoms with Gasteiger partial charge in [0.15, 0.2) is 0 Å². The van der Waals surface area contributed by atoms with Gasteiger partial charge in [0.2, 0.25) is 0 Å². The zero-order valence-electron chi connectivity index (χ0n) is 9.84. The zero-order chi connectivity index (χ0) is 12.0. The Bertz CT molecular complexity index is 316. The summed E-state index contributed by atoms with van der Waals surface area (Å²) in [6, 6.07) is 8.11. The van der Waals surface area contributed by atoms with Crippen LogP contribution in [0.4, 0.5) is 0 Å². The molecule has 0 aliphatic heterocycles. The van der Waals surface area contributed by atoms with Crippen LogP contribution in [-0.4, -0.2) is 21.5 Å². The van der Waals surface area contributed by atoms with E-state index in [0.717, 1.165) is 5.56 Å². The largest absolute Gasteiger partial charge is 0.639 e. The Morgan fingerprint density at radius 2 is 2.00 bits per heavy atom. The van der Waals surface area contributed by atoms with E-state index in [2.05, 4.69) is 18.7 Å². The number of benzene rings is 1. The topological polar surface area (TPSA) is 27.7 Å². The predicted molar refractivity (Wildman–Crippen MR) is 68.4 cm³/mol. The second-order valence-corrected chi connectivity index (χ2v) is 4.27. The number of hydrogen-bond acceptors (Lipinski definition) is 4. The third kappa shape index (κ3) is 4.18. The molecular formula is C11H17BO3S. The molecule has 0 saturated carbocycles. The normalized spacial score (nSPS) is 12.5. The Morgan fingerprint density at radius 1 is 1.31 bits per heavy atom. The van der Waals surface area contributed by atoms with Crippen molar-refractivity contribution in [2.45, 2.75) is 18.8 Å². The molecule has 0 spiro atoms. The summed E-state index contributed by atoms with van der Waals surface area (Å²) in [5.74, 6) is 0. The fourth-order valence-electron chi connectivity index (χ4n) is 1.34. The summed E-state index contributed by atoms with van der Waals surface area (Å²) in [7, 11) is 2.47. The summed E-state index contributed by atoms with van der Waals surface area (Å²) >= 11 is 4.39. The minimum absolute atomic E-state index is 0.223. The van der Waals surface area contributed by atoms with Gasteiger partial charge in [-0.3, -0.25) is 0 Å². The first kappa shape index (κ1) is 13.6. The molecule has 3 nitrogen and oxygen atoms in total. The minimum Gasteiger partial charge on any atom is -0.389 e. The van der Waals surface area contributed by atoms with E-state index in [9.17, 15) is 0 Å². The average Bonchev–Trinajstić information content (AvgIpc) is 2.31. The Balaban J connectivity index is 2.56. The van der Waals surface area contributed by atoms with E-state index < -0.39 is 7.32 Å². The van der Waals surface area contributed by atoms with E-state index in [0.29, 0.717) is 6.61 Å². The van der Waals surface area contributed by atoms with Gasteiger partial charge in [-0.25, -0.2) is 0 Å². The molecular weight excluding hydrogens is 223 g/mol. The van der Waals surface area contributed by atoms with Crippen molar-refractivity contribution in [2.24, 2.45) is 0 Å². The fraction of sp³-hybridized carbons (Fsp3) is 0.455. The maximum Gasteiger partial charge on any atom is 0.639 e. The van der Waals surface area contributed by atoms with Crippen molar-refractivity contribution >= 4 is 20.0 Å². The van der Waals surface area contributed by atoms with Crippen LogP contribution in [0, 0.1) is 0 Å². The molecule has 5 heteroatoms. The zero-order valence-corrected chi connectivity index (χ0v) is 10.7. The predicted octanol–water partition coefficient (Wildman–Crippen LogP) is 2.47. The van der Waals surface area contributed by atoms with E-state index in [-0.39, 0.29) is 5.25 Å². The second-order valence-electron chi connectivity index (χ2n) is 3.49. The highest BCUT2D eigenvalue weighted by atomic mass is 32.1. The Hall–Kier alpha value is -0.485. The van der Waals surface area contributed by atoms with Crippen molar-refractivity contribution in [3.05, 3.63) is 35.4 Å². The van der Waals surface area contributed by atoms with Crippen molar-refractivity contribution in [1.82, 2.24) is 0 Å². The maximum absolute atomic E-state index is 5.39. The van der Waals surface area contributed by atoms with Crippen LogP contribution >= 0.6 is 12.6 Å². The van der Waals surface area contributed by atoms with E-state index in [4.69, 9.17) is 14.0 Å². The van der Waals surface area contributed by atoms with Crippen LogP contribution < -0.4 is 0 Å². The van der Waals surface area contributed by atoms with Gasteiger partial charge >= 0.3 is 7.32 Å². The minimum atomic E-state index is -0.614. The lowest BCUT2D eigenvalue weighted by molar-refractivity contribution is 0.128. The van der Waals surface area contributed by atoms with Crippen LogP contribution in [-0.2, 0) is 20.6 Å². The molecule has 1 rings (SSSR count). The Morgan fingerprint density at radius 3 is 2.56 bits per heavy atom. The number of rotatable bonds is 6. The highest BCUT2D eigenvalue weighted by Crippen LogP contribution is 2.19. The van der Waals surface area contributed by atoms with Gasteiger partial charge in [-0.2, -0.15) is 12.6 Å². The molecule has 0 aliphatic carbocycles. The van der Waals surface area contributed by atoms with E-state index >= 15 is 0 Å². The lowest BCUT2D eigenvalue weighted by atomic mass is 10.1. The molecule has 1 aromatic carbocycles. The van der Waals surface area contributed by atoms with Gasteiger partial charge in [0.1, 0.15) is 0 Å². The molecule has 0 aromatic heterocycles. The molecule has 0 radical (unpaired) electrons. The smallest absolute Gasteiger partial charge is 0.389 e. The van der Waals surface area contributed by atoms with Crippen LogP contribution in [0.2, 0.25) is 0 Å². The molecule has 1 atom stereocenters. The molecule has 16 heavy (non-hydrogen) atoms. The first-order chi connectivity index (χ1) is 7.67. The van der Waals surface area contributed by atoms with Crippen LogP contribution in [0.15, 0.2) is 24.3 Å². The lowest BCUT2D eigenvalue weighted by Gasteiger charge is -2.11. The summed E-state index contributed by atoms with van der Waals surface area (Å²) in [5.41, 5.74) is 2.26. The Labute approximate surface area is 103 Å². The molecule has 1 unspecified atom stereocenters. The van der Waals surface area contributed by atoms with Crippen molar-refractivity contribution < 1.29 is 14.0 Å². The van der Waals surface area contributed by atoms with Crippen molar-refractivity contribution in [2.75, 3.05) is 14.2 Å². The van der Waals surface area contributed by atoms with E-state index in [1.54, 1.807) is 14.2 Å². The van der Waals surface area contributed by atoms with Gasteiger partial charge in [-0.05, 0) is 18.1 Å². The quantitative estimate of drug-likeness (QED) is 0.611.